The van der Waals surface area contributed by atoms with Crippen LogP contribution >= 0.6 is 0 Å². The van der Waals surface area contributed by atoms with Crippen LogP contribution in [0.25, 0.3) is 16.8 Å². The predicted octanol–water partition coefficient (Wildman–Crippen LogP) is 6.43. The molecule has 0 saturated carbocycles. The summed E-state index contributed by atoms with van der Waals surface area (Å²) in [6.45, 7) is 5.98. The summed E-state index contributed by atoms with van der Waals surface area (Å²) in [5.41, 5.74) is 5.78. The molecule has 1 fully saturated rings. The fourth-order valence-corrected chi connectivity index (χ4v) is 4.96. The first-order chi connectivity index (χ1) is 21.2. The van der Waals surface area contributed by atoms with Gasteiger partial charge in [0.05, 0.1) is 18.7 Å². The Labute approximate surface area is 251 Å². The van der Waals surface area contributed by atoms with Crippen LogP contribution in [0.5, 0.6) is 5.75 Å². The zero-order valence-corrected chi connectivity index (χ0v) is 23.8. The van der Waals surface area contributed by atoms with E-state index in [9.17, 15) is 18.0 Å². The molecule has 226 valence electrons. The van der Waals surface area contributed by atoms with E-state index in [-0.39, 0.29) is 17.6 Å². The number of carbonyl (C=O) groups excluding carboxylic acids is 1. The Morgan fingerprint density at radius 1 is 1.00 bits per heavy atom. The lowest BCUT2D eigenvalue weighted by molar-refractivity contribution is -0.274. The van der Waals surface area contributed by atoms with Crippen molar-refractivity contribution in [2.24, 2.45) is 0 Å². The van der Waals surface area contributed by atoms with Crippen molar-refractivity contribution in [2.75, 3.05) is 36.9 Å². The molecule has 0 spiro atoms. The van der Waals surface area contributed by atoms with Crippen LogP contribution in [0.3, 0.4) is 0 Å². The monoisotopic (exact) mass is 602 g/mol. The van der Waals surface area contributed by atoms with Gasteiger partial charge in [0.25, 0.3) is 5.91 Å². The van der Waals surface area contributed by atoms with Gasteiger partial charge in [-0.3, -0.25) is 9.69 Å². The number of halogens is 3. The molecule has 0 atom stereocenters. The summed E-state index contributed by atoms with van der Waals surface area (Å²) in [7, 11) is 0. The number of hydrogen-bond donors (Lipinski definition) is 2. The number of hydrogen-bond acceptors (Lipinski definition) is 7. The highest BCUT2D eigenvalue weighted by molar-refractivity contribution is 6.04. The molecular weight excluding hydrogens is 573 g/mol. The van der Waals surface area contributed by atoms with E-state index in [0.717, 1.165) is 49.7 Å². The lowest BCUT2D eigenvalue weighted by atomic mass is 10.1. The quantitative estimate of drug-likeness (QED) is 0.211. The summed E-state index contributed by atoms with van der Waals surface area (Å²) in [5, 5.41) is 10.7. The van der Waals surface area contributed by atoms with Crippen LogP contribution in [-0.2, 0) is 11.3 Å². The summed E-state index contributed by atoms with van der Waals surface area (Å²) < 4.78 is 48.8. The van der Waals surface area contributed by atoms with Gasteiger partial charge in [0.1, 0.15) is 11.4 Å². The van der Waals surface area contributed by atoms with E-state index in [1.165, 1.54) is 24.3 Å². The van der Waals surface area contributed by atoms with Crippen molar-refractivity contribution in [1.29, 1.82) is 0 Å². The average molecular weight is 603 g/mol. The molecule has 0 unspecified atom stereocenters. The molecule has 1 amide bonds. The average Bonchev–Trinajstić information content (AvgIpc) is 3.48. The molecule has 0 bridgehead atoms. The highest BCUT2D eigenvalue weighted by atomic mass is 19.4. The standard InChI is InChI=1S/C32H29F3N6O3/c1-21-4-5-22(20-40-15-17-43-18-16-40)19-27(21)37-30(42)24-6-10-25(11-7-24)36-31-38-29(28-3-2-14-41(28)39-31)23-8-12-26(13-9-23)44-32(33,34)35/h2-14,19H,15-18,20H2,1H3,(H,36,39)(H,37,42). The van der Waals surface area contributed by atoms with Crippen molar-refractivity contribution in [3.63, 3.8) is 0 Å². The summed E-state index contributed by atoms with van der Waals surface area (Å²) in [6, 6.07) is 22.1. The van der Waals surface area contributed by atoms with Crippen LogP contribution in [0.2, 0.25) is 0 Å². The van der Waals surface area contributed by atoms with Crippen molar-refractivity contribution >= 4 is 28.7 Å². The summed E-state index contributed by atoms with van der Waals surface area (Å²) in [6.07, 6.45) is -3.02. The SMILES string of the molecule is Cc1ccc(CN2CCOCC2)cc1NC(=O)c1ccc(Nc2nc(-c3ccc(OC(F)(F)F)cc3)c3cccn3n2)cc1. The Morgan fingerprint density at radius 3 is 2.48 bits per heavy atom. The number of carbonyl (C=O) groups is 1. The van der Waals surface area contributed by atoms with Crippen molar-refractivity contribution in [3.05, 3.63) is 102 Å². The number of alkyl halides is 3. The molecular formula is C32H29F3N6O3. The number of aryl methyl sites for hydroxylation is 1. The second kappa shape index (κ2) is 12.3. The van der Waals surface area contributed by atoms with E-state index in [1.807, 2.05) is 25.1 Å². The molecule has 2 aromatic heterocycles. The largest absolute Gasteiger partial charge is 0.573 e. The number of morpholine rings is 1. The van der Waals surface area contributed by atoms with Gasteiger partial charge < -0.3 is 20.1 Å². The van der Waals surface area contributed by atoms with Gasteiger partial charge in [-0.2, -0.15) is 0 Å². The van der Waals surface area contributed by atoms with E-state index >= 15 is 0 Å². The number of amides is 1. The van der Waals surface area contributed by atoms with Gasteiger partial charge in [0.15, 0.2) is 0 Å². The smallest absolute Gasteiger partial charge is 0.406 e. The first kappa shape index (κ1) is 29.1. The van der Waals surface area contributed by atoms with Crippen molar-refractivity contribution in [3.8, 4) is 17.0 Å². The minimum atomic E-state index is -4.77. The van der Waals surface area contributed by atoms with Crippen molar-refractivity contribution in [1.82, 2.24) is 19.5 Å². The van der Waals surface area contributed by atoms with Crippen LogP contribution in [0, 0.1) is 6.92 Å². The number of ether oxygens (including phenoxy) is 2. The molecule has 2 N–H and O–H groups in total. The topological polar surface area (TPSA) is 93.0 Å². The van der Waals surface area contributed by atoms with Crippen LogP contribution in [0.15, 0.2) is 85.1 Å². The first-order valence-electron chi connectivity index (χ1n) is 14.0. The number of fused-ring (bicyclic) bond motifs is 1. The Hall–Kier alpha value is -4.94. The third-order valence-corrected chi connectivity index (χ3v) is 7.22. The van der Waals surface area contributed by atoms with Crippen LogP contribution < -0.4 is 15.4 Å². The van der Waals surface area contributed by atoms with Crippen molar-refractivity contribution in [2.45, 2.75) is 19.8 Å². The van der Waals surface area contributed by atoms with Gasteiger partial charge in [-0.1, -0.05) is 12.1 Å². The number of rotatable bonds is 8. The van der Waals surface area contributed by atoms with E-state index in [2.05, 4.69) is 36.4 Å². The van der Waals surface area contributed by atoms with Gasteiger partial charge >= 0.3 is 6.36 Å². The molecule has 12 heteroatoms. The van der Waals surface area contributed by atoms with Gasteiger partial charge in [-0.15, -0.1) is 18.3 Å². The lowest BCUT2D eigenvalue weighted by Crippen LogP contribution is -2.35. The number of aromatic nitrogens is 3. The Balaban J connectivity index is 1.15. The fraction of sp³-hybridized carbons (Fsp3) is 0.219. The summed E-state index contributed by atoms with van der Waals surface area (Å²) in [5.74, 6) is -0.280. The van der Waals surface area contributed by atoms with Crippen LogP contribution in [0.1, 0.15) is 21.5 Å². The zero-order valence-electron chi connectivity index (χ0n) is 23.8. The number of nitrogens with one attached hydrogen (secondary N) is 2. The van der Waals surface area contributed by atoms with Crippen LogP contribution in [-0.4, -0.2) is 58.1 Å². The third kappa shape index (κ3) is 6.99. The molecule has 3 heterocycles. The van der Waals surface area contributed by atoms with E-state index < -0.39 is 6.36 Å². The Bertz CT molecular complexity index is 1770. The molecule has 1 aliphatic rings. The molecule has 3 aromatic carbocycles. The molecule has 9 nitrogen and oxygen atoms in total. The normalized spacial score (nSPS) is 14.0. The van der Waals surface area contributed by atoms with Crippen LogP contribution in [0.4, 0.5) is 30.5 Å². The predicted molar refractivity (Wildman–Crippen MR) is 160 cm³/mol. The van der Waals surface area contributed by atoms with E-state index in [1.54, 1.807) is 41.0 Å². The van der Waals surface area contributed by atoms with Gasteiger partial charge in [0.2, 0.25) is 5.95 Å². The highest BCUT2D eigenvalue weighted by Gasteiger charge is 2.31. The molecule has 1 aliphatic heterocycles. The summed E-state index contributed by atoms with van der Waals surface area (Å²) in [4.78, 5) is 20.0. The van der Waals surface area contributed by atoms with Crippen molar-refractivity contribution < 1.29 is 27.4 Å². The molecule has 5 aromatic rings. The Kier molecular flexibility index (Phi) is 8.18. The highest BCUT2D eigenvalue weighted by Crippen LogP contribution is 2.29. The third-order valence-electron chi connectivity index (χ3n) is 7.22. The fourth-order valence-electron chi connectivity index (χ4n) is 4.96. The van der Waals surface area contributed by atoms with E-state index in [0.29, 0.717) is 28.0 Å². The molecule has 0 radical (unpaired) electrons. The zero-order chi connectivity index (χ0) is 30.7. The molecule has 6 rings (SSSR count). The second-order valence-electron chi connectivity index (χ2n) is 10.4. The summed E-state index contributed by atoms with van der Waals surface area (Å²) >= 11 is 0. The number of nitrogens with zero attached hydrogens (tertiary/aromatic N) is 4. The number of benzene rings is 3. The molecule has 1 saturated heterocycles. The Morgan fingerprint density at radius 2 is 1.75 bits per heavy atom. The minimum absolute atomic E-state index is 0.228. The van der Waals surface area contributed by atoms with E-state index in [4.69, 9.17) is 4.74 Å². The maximum Gasteiger partial charge on any atom is 0.573 e. The maximum absolute atomic E-state index is 13.1. The van der Waals surface area contributed by atoms with Gasteiger partial charge in [-0.25, -0.2) is 9.50 Å². The maximum atomic E-state index is 13.1. The minimum Gasteiger partial charge on any atom is -0.406 e. The first-order valence-corrected chi connectivity index (χ1v) is 14.0. The van der Waals surface area contributed by atoms with Gasteiger partial charge in [0, 0.05) is 48.3 Å². The molecule has 44 heavy (non-hydrogen) atoms. The lowest BCUT2D eigenvalue weighted by Gasteiger charge is -2.26. The van der Waals surface area contributed by atoms with Gasteiger partial charge in [-0.05, 0) is 84.8 Å². The number of anilines is 3. The second-order valence-corrected chi connectivity index (χ2v) is 10.4. The molecule has 0 aliphatic carbocycles.